The average Bonchev–Trinajstić information content (AvgIpc) is 3.44. The predicted octanol–water partition coefficient (Wildman–Crippen LogP) is 4.28. The van der Waals surface area contributed by atoms with E-state index in [2.05, 4.69) is 20.8 Å². The molecule has 0 bridgehead atoms. The van der Waals surface area contributed by atoms with Gasteiger partial charge in [-0.3, -0.25) is 4.79 Å². The highest BCUT2D eigenvalue weighted by atomic mass is 32.1. The van der Waals surface area contributed by atoms with E-state index in [1.807, 2.05) is 31.2 Å². The minimum atomic E-state index is -0.413. The molecule has 160 valence electrons. The van der Waals surface area contributed by atoms with Gasteiger partial charge in [-0.1, -0.05) is 41.2 Å². The summed E-state index contributed by atoms with van der Waals surface area (Å²) in [6, 6.07) is 13.2. The average molecular weight is 440 g/mol. The van der Waals surface area contributed by atoms with Gasteiger partial charge >= 0.3 is 6.03 Å². The second kappa shape index (κ2) is 9.22. The van der Waals surface area contributed by atoms with E-state index in [1.54, 1.807) is 4.90 Å². The number of benzene rings is 2. The van der Waals surface area contributed by atoms with Crippen LogP contribution in [0.3, 0.4) is 0 Å². The third kappa shape index (κ3) is 5.05. The zero-order valence-electron chi connectivity index (χ0n) is 17.0. The summed E-state index contributed by atoms with van der Waals surface area (Å²) < 4.78 is 13.0. The number of nitrogens with one attached hydrogen (secondary N) is 2. The van der Waals surface area contributed by atoms with Gasteiger partial charge in [0.2, 0.25) is 5.01 Å². The van der Waals surface area contributed by atoms with Crippen LogP contribution in [-0.4, -0.2) is 33.6 Å². The topological polar surface area (TPSA) is 87.2 Å². The third-order valence-corrected chi connectivity index (χ3v) is 6.12. The largest absolute Gasteiger partial charge is 0.334 e. The highest BCUT2D eigenvalue weighted by molar-refractivity contribution is 7.13. The number of amides is 3. The molecule has 0 saturated carbocycles. The van der Waals surface area contributed by atoms with Crippen LogP contribution in [0.4, 0.5) is 14.9 Å². The van der Waals surface area contributed by atoms with Gasteiger partial charge < -0.3 is 15.5 Å². The number of rotatable bonds is 5. The predicted molar refractivity (Wildman–Crippen MR) is 116 cm³/mol. The summed E-state index contributed by atoms with van der Waals surface area (Å²) in [7, 11) is 0. The number of hydrogen-bond acceptors (Lipinski definition) is 5. The van der Waals surface area contributed by atoms with Crippen molar-refractivity contribution in [2.45, 2.75) is 32.4 Å². The molecule has 31 heavy (non-hydrogen) atoms. The van der Waals surface area contributed by atoms with Crippen LogP contribution in [0.15, 0.2) is 48.5 Å². The smallest absolute Gasteiger partial charge is 0.318 e. The van der Waals surface area contributed by atoms with Gasteiger partial charge in [0, 0.05) is 18.8 Å². The molecule has 1 fully saturated rings. The van der Waals surface area contributed by atoms with Crippen LogP contribution >= 0.6 is 11.3 Å². The molecule has 7 nitrogen and oxygen atoms in total. The second-order valence-corrected chi connectivity index (χ2v) is 8.41. The Labute approximate surface area is 183 Å². The molecule has 9 heteroatoms. The molecule has 1 aromatic heterocycles. The van der Waals surface area contributed by atoms with Gasteiger partial charge in [0.15, 0.2) is 0 Å². The molecule has 1 saturated heterocycles. The fraction of sp³-hybridized carbons (Fsp3) is 0.273. The number of carbonyl (C=O) groups excluding carboxylic acids is 2. The first-order valence-electron chi connectivity index (χ1n) is 10.00. The Balaban J connectivity index is 1.38. The zero-order valence-corrected chi connectivity index (χ0v) is 17.8. The Bertz CT molecular complexity index is 1070. The number of likely N-dealkylation sites (tertiary alicyclic amines) is 1. The molecule has 0 spiro atoms. The molecule has 3 aromatic rings. The Morgan fingerprint density at radius 2 is 1.87 bits per heavy atom. The maximum Gasteiger partial charge on any atom is 0.318 e. The van der Waals surface area contributed by atoms with Crippen LogP contribution in [0.2, 0.25) is 0 Å². The van der Waals surface area contributed by atoms with Gasteiger partial charge in [-0.15, -0.1) is 10.2 Å². The van der Waals surface area contributed by atoms with Gasteiger partial charge in [-0.25, -0.2) is 9.18 Å². The van der Waals surface area contributed by atoms with Crippen molar-refractivity contribution in [1.29, 1.82) is 0 Å². The number of aryl methyl sites for hydroxylation is 1. The lowest BCUT2D eigenvalue weighted by Gasteiger charge is -2.23. The highest BCUT2D eigenvalue weighted by Gasteiger charge is 2.33. The van der Waals surface area contributed by atoms with Gasteiger partial charge in [0.1, 0.15) is 10.8 Å². The van der Waals surface area contributed by atoms with E-state index in [9.17, 15) is 14.0 Å². The number of urea groups is 1. The number of aromatic nitrogens is 2. The lowest BCUT2D eigenvalue weighted by molar-refractivity contribution is 0.102. The van der Waals surface area contributed by atoms with Crippen molar-refractivity contribution in [3.63, 3.8) is 0 Å². The van der Waals surface area contributed by atoms with Crippen molar-refractivity contribution in [1.82, 2.24) is 20.4 Å². The van der Waals surface area contributed by atoms with Crippen LogP contribution < -0.4 is 10.6 Å². The summed E-state index contributed by atoms with van der Waals surface area (Å²) in [5.41, 5.74) is 2.68. The first-order valence-corrected chi connectivity index (χ1v) is 10.8. The number of anilines is 1. The molecule has 1 aliphatic rings. The molecule has 1 atom stereocenters. The highest BCUT2D eigenvalue weighted by Crippen LogP contribution is 2.33. The molecule has 2 aromatic carbocycles. The summed E-state index contributed by atoms with van der Waals surface area (Å²) in [5.74, 6) is -0.790. The van der Waals surface area contributed by atoms with E-state index in [4.69, 9.17) is 0 Å². The van der Waals surface area contributed by atoms with E-state index in [-0.39, 0.29) is 22.9 Å². The quantitative estimate of drug-likeness (QED) is 0.621. The second-order valence-electron chi connectivity index (χ2n) is 7.40. The van der Waals surface area contributed by atoms with Crippen molar-refractivity contribution in [3.8, 4) is 0 Å². The normalized spacial score (nSPS) is 15.7. The van der Waals surface area contributed by atoms with E-state index in [0.29, 0.717) is 23.8 Å². The molecular formula is C22H22FN5O2S. The summed E-state index contributed by atoms with van der Waals surface area (Å²) in [4.78, 5) is 26.9. The van der Waals surface area contributed by atoms with Gasteiger partial charge in [-0.05, 0) is 49.6 Å². The van der Waals surface area contributed by atoms with Crippen LogP contribution in [0.5, 0.6) is 0 Å². The lowest BCUT2D eigenvalue weighted by atomic mass is 10.1. The Kier molecular flexibility index (Phi) is 6.22. The molecule has 3 amide bonds. The number of halogens is 1. The Morgan fingerprint density at radius 1 is 1.13 bits per heavy atom. The van der Waals surface area contributed by atoms with Crippen LogP contribution in [-0.2, 0) is 6.54 Å². The minimum Gasteiger partial charge on any atom is -0.334 e. The molecule has 4 rings (SSSR count). The van der Waals surface area contributed by atoms with Crippen LogP contribution in [0, 0.1) is 12.7 Å². The van der Waals surface area contributed by atoms with E-state index in [0.717, 1.165) is 18.4 Å². The van der Waals surface area contributed by atoms with Gasteiger partial charge in [0.25, 0.3) is 5.91 Å². The minimum absolute atomic E-state index is 0.157. The maximum atomic E-state index is 13.0. The van der Waals surface area contributed by atoms with E-state index >= 15 is 0 Å². The van der Waals surface area contributed by atoms with Crippen LogP contribution in [0.1, 0.15) is 44.8 Å². The Hall–Kier alpha value is -3.33. The standard InChI is InChI=1S/C22H22FN5O2S/c1-14-4-6-15(7-5-14)13-24-22(30)28-12-2-3-18(28)20-26-27-21(31-20)19(29)25-17-10-8-16(23)9-11-17/h4-11,18H,2-3,12-13H2,1H3,(H,24,30)(H,25,29). The Morgan fingerprint density at radius 3 is 2.61 bits per heavy atom. The van der Waals surface area contributed by atoms with Crippen molar-refractivity contribution < 1.29 is 14.0 Å². The number of hydrogen-bond donors (Lipinski definition) is 2. The van der Waals surface area contributed by atoms with Gasteiger partial charge in [-0.2, -0.15) is 0 Å². The molecule has 2 N–H and O–H groups in total. The van der Waals surface area contributed by atoms with Crippen molar-refractivity contribution in [2.75, 3.05) is 11.9 Å². The maximum absolute atomic E-state index is 13.0. The molecule has 0 aliphatic carbocycles. The molecule has 2 heterocycles. The van der Waals surface area contributed by atoms with E-state index in [1.165, 1.54) is 41.2 Å². The summed E-state index contributed by atoms with van der Waals surface area (Å²) in [6.07, 6.45) is 1.63. The zero-order chi connectivity index (χ0) is 21.8. The fourth-order valence-corrected chi connectivity index (χ4v) is 4.32. The fourth-order valence-electron chi connectivity index (χ4n) is 3.43. The van der Waals surface area contributed by atoms with E-state index < -0.39 is 5.91 Å². The van der Waals surface area contributed by atoms with Crippen LogP contribution in [0.25, 0.3) is 0 Å². The summed E-state index contributed by atoms with van der Waals surface area (Å²) >= 11 is 1.17. The van der Waals surface area contributed by atoms with Crippen molar-refractivity contribution in [3.05, 3.63) is 75.5 Å². The van der Waals surface area contributed by atoms with Gasteiger partial charge in [0.05, 0.1) is 6.04 Å². The number of nitrogens with zero attached hydrogens (tertiary/aromatic N) is 3. The monoisotopic (exact) mass is 439 g/mol. The molecule has 1 aliphatic heterocycles. The SMILES string of the molecule is Cc1ccc(CNC(=O)N2CCCC2c2nnc(C(=O)Nc3ccc(F)cc3)s2)cc1. The first-order chi connectivity index (χ1) is 15.0. The summed E-state index contributed by atoms with van der Waals surface area (Å²) in [5, 5.41) is 14.6. The number of carbonyl (C=O) groups is 2. The first kappa shape index (κ1) is 20.9. The molecular weight excluding hydrogens is 417 g/mol. The molecule has 1 unspecified atom stereocenters. The van der Waals surface area contributed by atoms with Crippen molar-refractivity contribution in [2.24, 2.45) is 0 Å². The van der Waals surface area contributed by atoms with Crippen molar-refractivity contribution >= 4 is 29.0 Å². The molecule has 0 radical (unpaired) electrons. The lowest BCUT2D eigenvalue weighted by Crippen LogP contribution is -2.39. The third-order valence-electron chi connectivity index (χ3n) is 5.10. The summed E-state index contributed by atoms with van der Waals surface area (Å²) in [6.45, 7) is 3.10.